The van der Waals surface area contributed by atoms with E-state index >= 15 is 0 Å². The Bertz CT molecular complexity index is 641. The summed E-state index contributed by atoms with van der Waals surface area (Å²) in [5.74, 6) is 2.58. The van der Waals surface area contributed by atoms with E-state index < -0.39 is 10.0 Å². The molecule has 6 heteroatoms. The van der Waals surface area contributed by atoms with Gasteiger partial charge in [-0.2, -0.15) is 4.31 Å². The van der Waals surface area contributed by atoms with Gasteiger partial charge in [0.15, 0.2) is 0 Å². The molecule has 0 saturated carbocycles. The van der Waals surface area contributed by atoms with Crippen LogP contribution in [0.1, 0.15) is 12.5 Å². The maximum Gasteiger partial charge on any atom is 0.243 e. The highest BCUT2D eigenvalue weighted by Gasteiger charge is 2.28. The molecule has 1 aliphatic rings. The van der Waals surface area contributed by atoms with E-state index in [1.165, 1.54) is 4.31 Å². The van der Waals surface area contributed by atoms with Crippen LogP contribution in [0.3, 0.4) is 0 Å². The molecular formula is C15H21N3O2S. The average Bonchev–Trinajstić information content (AvgIpc) is 2.48. The molecule has 0 radical (unpaired) electrons. The molecule has 1 fully saturated rings. The number of aryl methyl sites for hydroxylation is 1. The summed E-state index contributed by atoms with van der Waals surface area (Å²) in [4.78, 5) is 2.34. The summed E-state index contributed by atoms with van der Waals surface area (Å²) in [7, 11) is -3.47. The van der Waals surface area contributed by atoms with Gasteiger partial charge in [-0.15, -0.1) is 6.42 Å². The van der Waals surface area contributed by atoms with Crippen molar-refractivity contribution in [2.24, 2.45) is 0 Å². The van der Waals surface area contributed by atoms with Gasteiger partial charge in [-0.05, 0) is 24.1 Å². The van der Waals surface area contributed by atoms with E-state index in [9.17, 15) is 8.42 Å². The average molecular weight is 307 g/mol. The number of piperazine rings is 1. The van der Waals surface area contributed by atoms with Gasteiger partial charge in [0.05, 0.1) is 11.4 Å². The zero-order valence-electron chi connectivity index (χ0n) is 12.2. The second-order valence-electron chi connectivity index (χ2n) is 5.10. The van der Waals surface area contributed by atoms with Crippen molar-refractivity contribution in [2.45, 2.75) is 18.2 Å². The molecule has 5 nitrogen and oxygen atoms in total. The van der Waals surface area contributed by atoms with E-state index in [4.69, 9.17) is 12.2 Å². The molecule has 21 heavy (non-hydrogen) atoms. The predicted molar refractivity (Wildman–Crippen MR) is 84.3 cm³/mol. The number of sulfonamides is 1. The zero-order chi connectivity index (χ0) is 15.5. The Kier molecular flexibility index (Phi) is 4.88. The van der Waals surface area contributed by atoms with Gasteiger partial charge in [0.2, 0.25) is 10.0 Å². The van der Waals surface area contributed by atoms with E-state index in [0.717, 1.165) is 12.0 Å². The van der Waals surface area contributed by atoms with E-state index in [-0.39, 0.29) is 4.90 Å². The SMILES string of the molecule is C#CCN1CCN(S(=O)(=O)c2ccc(CC)c(N)c2)CC1. The summed E-state index contributed by atoms with van der Waals surface area (Å²) in [6, 6.07) is 4.98. The Morgan fingerprint density at radius 2 is 1.95 bits per heavy atom. The number of nitrogen functional groups attached to an aromatic ring is 1. The largest absolute Gasteiger partial charge is 0.398 e. The van der Waals surface area contributed by atoms with Gasteiger partial charge >= 0.3 is 0 Å². The lowest BCUT2D eigenvalue weighted by Gasteiger charge is -2.32. The molecule has 1 aromatic carbocycles. The van der Waals surface area contributed by atoms with Gasteiger partial charge in [0, 0.05) is 31.9 Å². The highest BCUT2D eigenvalue weighted by atomic mass is 32.2. The molecule has 0 unspecified atom stereocenters. The quantitative estimate of drug-likeness (QED) is 0.659. The maximum absolute atomic E-state index is 12.6. The lowest BCUT2D eigenvalue weighted by molar-refractivity contribution is 0.207. The third-order valence-electron chi connectivity index (χ3n) is 3.78. The fourth-order valence-corrected chi connectivity index (χ4v) is 3.92. The van der Waals surface area contributed by atoms with Crippen LogP contribution in [0.5, 0.6) is 0 Å². The molecule has 2 rings (SSSR count). The molecule has 1 saturated heterocycles. The van der Waals surface area contributed by atoms with Gasteiger partial charge in [0.25, 0.3) is 0 Å². The summed E-state index contributed by atoms with van der Waals surface area (Å²) in [6.07, 6.45) is 6.07. The summed E-state index contributed by atoms with van der Waals surface area (Å²) in [5.41, 5.74) is 7.40. The smallest absolute Gasteiger partial charge is 0.243 e. The van der Waals surface area contributed by atoms with E-state index in [2.05, 4.69) is 10.8 Å². The van der Waals surface area contributed by atoms with Crippen molar-refractivity contribution in [2.75, 3.05) is 38.5 Å². The second kappa shape index (κ2) is 6.48. The first-order valence-electron chi connectivity index (χ1n) is 7.03. The van der Waals surface area contributed by atoms with Gasteiger partial charge in [0.1, 0.15) is 0 Å². The number of hydrogen-bond donors (Lipinski definition) is 1. The van der Waals surface area contributed by atoms with Crippen molar-refractivity contribution in [3.05, 3.63) is 23.8 Å². The molecule has 0 aromatic heterocycles. The number of terminal acetylenes is 1. The van der Waals surface area contributed by atoms with Gasteiger partial charge in [-0.25, -0.2) is 8.42 Å². The summed E-state index contributed by atoms with van der Waals surface area (Å²) < 4.78 is 26.7. The van der Waals surface area contributed by atoms with Crippen LogP contribution < -0.4 is 5.73 Å². The number of anilines is 1. The number of hydrogen-bond acceptors (Lipinski definition) is 4. The van der Waals surface area contributed by atoms with Crippen molar-refractivity contribution in [3.8, 4) is 12.3 Å². The van der Waals surface area contributed by atoms with Crippen LogP contribution >= 0.6 is 0 Å². The van der Waals surface area contributed by atoms with Crippen LogP contribution in [0.15, 0.2) is 23.1 Å². The Balaban J connectivity index is 2.16. The third kappa shape index (κ3) is 3.38. The normalized spacial score (nSPS) is 17.5. The van der Waals surface area contributed by atoms with Gasteiger partial charge < -0.3 is 5.73 Å². The summed E-state index contributed by atoms with van der Waals surface area (Å²) in [6.45, 7) is 4.79. The highest BCUT2D eigenvalue weighted by molar-refractivity contribution is 7.89. The fourth-order valence-electron chi connectivity index (χ4n) is 2.46. The first-order valence-corrected chi connectivity index (χ1v) is 8.47. The minimum absolute atomic E-state index is 0.266. The molecule has 0 amide bonds. The fraction of sp³-hybridized carbons (Fsp3) is 0.467. The predicted octanol–water partition coefficient (Wildman–Crippen LogP) is 0.771. The van der Waals surface area contributed by atoms with E-state index in [0.29, 0.717) is 38.4 Å². The zero-order valence-corrected chi connectivity index (χ0v) is 13.1. The molecule has 0 bridgehead atoms. The summed E-state index contributed by atoms with van der Waals surface area (Å²) >= 11 is 0. The lowest BCUT2D eigenvalue weighted by Crippen LogP contribution is -2.48. The lowest BCUT2D eigenvalue weighted by atomic mass is 10.1. The van der Waals surface area contributed by atoms with Gasteiger partial charge in [-0.3, -0.25) is 4.90 Å². The molecule has 2 N–H and O–H groups in total. The number of nitrogens with zero attached hydrogens (tertiary/aromatic N) is 2. The first kappa shape index (κ1) is 15.8. The minimum atomic E-state index is -3.47. The molecular weight excluding hydrogens is 286 g/mol. The summed E-state index contributed by atoms with van der Waals surface area (Å²) in [5, 5.41) is 0. The number of benzene rings is 1. The van der Waals surface area contributed by atoms with Crippen LogP contribution in [-0.2, 0) is 16.4 Å². The molecule has 0 aliphatic carbocycles. The van der Waals surface area contributed by atoms with Crippen LogP contribution in [0.25, 0.3) is 0 Å². The second-order valence-corrected chi connectivity index (χ2v) is 7.04. The number of nitrogens with two attached hydrogens (primary N) is 1. The molecule has 1 aromatic rings. The highest BCUT2D eigenvalue weighted by Crippen LogP contribution is 2.22. The van der Waals surface area contributed by atoms with Crippen LogP contribution in [0.2, 0.25) is 0 Å². The van der Waals surface area contributed by atoms with Crippen LogP contribution in [-0.4, -0.2) is 50.3 Å². The van der Waals surface area contributed by atoms with Crippen LogP contribution in [0.4, 0.5) is 5.69 Å². The van der Waals surface area contributed by atoms with Gasteiger partial charge in [-0.1, -0.05) is 18.9 Å². The molecule has 0 spiro atoms. The van der Waals surface area contributed by atoms with Crippen molar-refractivity contribution in [1.82, 2.24) is 9.21 Å². The molecule has 0 atom stereocenters. The Morgan fingerprint density at radius 3 is 2.48 bits per heavy atom. The van der Waals surface area contributed by atoms with Crippen molar-refractivity contribution >= 4 is 15.7 Å². The third-order valence-corrected chi connectivity index (χ3v) is 5.68. The Labute approximate surface area is 126 Å². The number of rotatable bonds is 4. The standard InChI is InChI=1S/C15H21N3O2S/c1-3-7-17-8-10-18(11-9-17)21(19,20)14-6-5-13(4-2)15(16)12-14/h1,5-6,12H,4,7-11,16H2,2H3. The molecule has 1 aliphatic heterocycles. The van der Waals surface area contributed by atoms with Crippen molar-refractivity contribution in [3.63, 3.8) is 0 Å². The van der Waals surface area contributed by atoms with E-state index in [1.807, 2.05) is 6.92 Å². The van der Waals surface area contributed by atoms with Crippen molar-refractivity contribution < 1.29 is 8.42 Å². The molecule has 114 valence electrons. The first-order chi connectivity index (χ1) is 9.98. The minimum Gasteiger partial charge on any atom is -0.398 e. The monoisotopic (exact) mass is 307 g/mol. The van der Waals surface area contributed by atoms with Crippen molar-refractivity contribution in [1.29, 1.82) is 0 Å². The Morgan fingerprint density at radius 1 is 1.29 bits per heavy atom. The topological polar surface area (TPSA) is 66.6 Å². The Hall–Kier alpha value is -1.55. The van der Waals surface area contributed by atoms with E-state index in [1.54, 1.807) is 18.2 Å². The molecule has 1 heterocycles. The maximum atomic E-state index is 12.6. The van der Waals surface area contributed by atoms with Crippen LogP contribution in [0, 0.1) is 12.3 Å².